The molecule has 0 radical (unpaired) electrons. The lowest BCUT2D eigenvalue weighted by atomic mass is 10.1. The highest BCUT2D eigenvalue weighted by Gasteiger charge is 2.47. The predicted molar refractivity (Wildman–Crippen MR) is 128 cm³/mol. The molecular formula is C21H25ClFN4O3PS. The van der Waals surface area contributed by atoms with E-state index in [4.69, 9.17) is 11.6 Å². The van der Waals surface area contributed by atoms with E-state index in [-0.39, 0.29) is 21.7 Å². The molecule has 1 heterocycles. The first kappa shape index (κ1) is 24.4. The Morgan fingerprint density at radius 3 is 2.53 bits per heavy atom. The number of benzene rings is 1. The number of aromatic nitrogens is 2. The van der Waals surface area contributed by atoms with Gasteiger partial charge in [0.15, 0.2) is 21.8 Å². The number of alkyl halides is 1. The lowest BCUT2D eigenvalue weighted by molar-refractivity contribution is 0.349. The molecule has 1 aromatic carbocycles. The number of para-hydroxylation sites is 1. The van der Waals surface area contributed by atoms with Crippen LogP contribution in [0.3, 0.4) is 0 Å². The van der Waals surface area contributed by atoms with Gasteiger partial charge in [0.05, 0.1) is 22.0 Å². The van der Waals surface area contributed by atoms with E-state index in [9.17, 15) is 17.4 Å². The van der Waals surface area contributed by atoms with Gasteiger partial charge in [-0.15, -0.1) is 0 Å². The predicted octanol–water partition coefficient (Wildman–Crippen LogP) is 5.25. The summed E-state index contributed by atoms with van der Waals surface area (Å²) in [6.07, 6.45) is 5.72. The van der Waals surface area contributed by atoms with Gasteiger partial charge in [0.2, 0.25) is 5.95 Å². The molecule has 0 saturated carbocycles. The van der Waals surface area contributed by atoms with E-state index < -0.39 is 33.7 Å². The monoisotopic (exact) mass is 498 g/mol. The van der Waals surface area contributed by atoms with Crippen LogP contribution in [0.4, 0.5) is 21.8 Å². The van der Waals surface area contributed by atoms with E-state index in [0.717, 1.165) is 0 Å². The molecule has 0 spiro atoms. The molecule has 1 aliphatic carbocycles. The van der Waals surface area contributed by atoms with Crippen LogP contribution in [0.5, 0.6) is 0 Å². The largest absolute Gasteiger partial charge is 0.338 e. The highest BCUT2D eigenvalue weighted by atomic mass is 35.5. The Labute approximate surface area is 192 Å². The molecule has 0 saturated heterocycles. The molecular weight excluding hydrogens is 474 g/mol. The summed E-state index contributed by atoms with van der Waals surface area (Å²) in [6, 6.07) is 6.41. The summed E-state index contributed by atoms with van der Waals surface area (Å²) in [5.74, 6) is 0.117. The Balaban J connectivity index is 2.01. The average molecular weight is 499 g/mol. The number of hydrogen-bond acceptors (Lipinski definition) is 7. The minimum Gasteiger partial charge on any atom is -0.338 e. The molecule has 2 N–H and O–H groups in total. The first-order valence-electron chi connectivity index (χ1n) is 9.84. The number of nitrogens with one attached hydrogen (secondary N) is 2. The maximum atomic E-state index is 14.9. The average Bonchev–Trinajstić information content (AvgIpc) is 2.71. The molecule has 0 fully saturated rings. The normalized spacial score (nSPS) is 21.0. The van der Waals surface area contributed by atoms with E-state index in [1.807, 2.05) is 0 Å². The maximum absolute atomic E-state index is 14.9. The molecule has 1 aliphatic rings. The number of rotatable bonds is 7. The van der Waals surface area contributed by atoms with Crippen LogP contribution in [0.25, 0.3) is 0 Å². The standard InChI is InChI=1S/C21H25ClFN4O3PS/c1-14(2)32(29,30)17-10-6-5-9-16(17)25-19-15(22)13-24-20(26-19)27-21(31(3,4)28)12-8-7-11-18(21)23/h5-14,18H,1-4H3,(H2,24,25,26,27). The fourth-order valence-corrected chi connectivity index (χ4v) is 6.05. The van der Waals surface area contributed by atoms with Crippen molar-refractivity contribution in [1.29, 1.82) is 0 Å². The lowest BCUT2D eigenvalue weighted by Crippen LogP contribution is -2.45. The number of anilines is 3. The van der Waals surface area contributed by atoms with Crippen molar-refractivity contribution in [2.75, 3.05) is 24.0 Å². The van der Waals surface area contributed by atoms with E-state index in [1.54, 1.807) is 44.2 Å². The lowest BCUT2D eigenvalue weighted by Gasteiger charge is -2.38. The van der Waals surface area contributed by atoms with Crippen LogP contribution in [0, 0.1) is 0 Å². The second kappa shape index (κ2) is 8.96. The quantitative estimate of drug-likeness (QED) is 0.503. The zero-order chi connectivity index (χ0) is 23.7. The van der Waals surface area contributed by atoms with Gasteiger partial charge in [-0.3, -0.25) is 0 Å². The first-order chi connectivity index (χ1) is 14.9. The van der Waals surface area contributed by atoms with Gasteiger partial charge >= 0.3 is 0 Å². The number of allylic oxidation sites excluding steroid dienone is 2. The number of hydrogen-bond donors (Lipinski definition) is 2. The molecule has 0 amide bonds. The van der Waals surface area contributed by atoms with Gasteiger partial charge in [0, 0.05) is 0 Å². The molecule has 1 aromatic heterocycles. The van der Waals surface area contributed by atoms with Gasteiger partial charge in [-0.1, -0.05) is 35.9 Å². The Kier molecular flexibility index (Phi) is 6.84. The van der Waals surface area contributed by atoms with Crippen molar-refractivity contribution in [2.45, 2.75) is 35.4 Å². The maximum Gasteiger partial charge on any atom is 0.225 e. The smallest absolute Gasteiger partial charge is 0.225 e. The van der Waals surface area contributed by atoms with Crippen LogP contribution in [-0.4, -0.2) is 48.4 Å². The fraction of sp³-hybridized carbons (Fsp3) is 0.333. The summed E-state index contributed by atoms with van der Waals surface area (Å²) in [7, 11) is -6.64. The molecule has 0 aliphatic heterocycles. The van der Waals surface area contributed by atoms with Crippen molar-refractivity contribution in [1.82, 2.24) is 9.97 Å². The molecule has 2 atom stereocenters. The molecule has 2 unspecified atom stereocenters. The van der Waals surface area contributed by atoms with Gasteiger partial charge in [0.1, 0.15) is 17.4 Å². The van der Waals surface area contributed by atoms with Crippen LogP contribution in [0.15, 0.2) is 59.7 Å². The van der Waals surface area contributed by atoms with E-state index in [1.165, 1.54) is 37.7 Å². The summed E-state index contributed by atoms with van der Waals surface area (Å²) in [5, 5.41) is 3.82. The third-order valence-corrected chi connectivity index (χ3v) is 9.95. The zero-order valence-corrected chi connectivity index (χ0v) is 20.5. The number of sulfone groups is 1. The summed E-state index contributed by atoms with van der Waals surface area (Å²) in [4.78, 5) is 8.53. The van der Waals surface area contributed by atoms with Gasteiger partial charge in [0.25, 0.3) is 0 Å². The highest BCUT2D eigenvalue weighted by Crippen LogP contribution is 2.56. The molecule has 172 valence electrons. The third-order valence-electron chi connectivity index (χ3n) is 5.18. The van der Waals surface area contributed by atoms with Crippen molar-refractivity contribution < 1.29 is 17.4 Å². The Morgan fingerprint density at radius 1 is 1.22 bits per heavy atom. The fourth-order valence-electron chi connectivity index (χ4n) is 3.22. The van der Waals surface area contributed by atoms with Gasteiger partial charge in [-0.25, -0.2) is 17.8 Å². The Morgan fingerprint density at radius 2 is 1.91 bits per heavy atom. The summed E-state index contributed by atoms with van der Waals surface area (Å²) in [5.41, 5.74) is 0.294. The van der Waals surface area contributed by atoms with Crippen molar-refractivity contribution >= 4 is 46.0 Å². The van der Waals surface area contributed by atoms with Crippen molar-refractivity contribution in [3.05, 3.63) is 59.8 Å². The van der Waals surface area contributed by atoms with Gasteiger partial charge in [-0.2, -0.15) is 4.98 Å². The summed E-state index contributed by atoms with van der Waals surface area (Å²) >= 11 is 6.25. The summed E-state index contributed by atoms with van der Waals surface area (Å²) < 4.78 is 53.4. The number of halogens is 2. The topological polar surface area (TPSA) is 101 Å². The molecule has 7 nitrogen and oxygen atoms in total. The van der Waals surface area contributed by atoms with Crippen molar-refractivity contribution in [3.8, 4) is 0 Å². The van der Waals surface area contributed by atoms with Crippen molar-refractivity contribution in [2.24, 2.45) is 0 Å². The van der Waals surface area contributed by atoms with Crippen LogP contribution in [0.1, 0.15) is 13.8 Å². The van der Waals surface area contributed by atoms with E-state index in [0.29, 0.717) is 5.69 Å². The first-order valence-corrected chi connectivity index (χ1v) is 14.4. The van der Waals surface area contributed by atoms with E-state index >= 15 is 0 Å². The van der Waals surface area contributed by atoms with Crippen molar-refractivity contribution in [3.63, 3.8) is 0 Å². The number of nitrogens with zero attached hydrogens (tertiary/aromatic N) is 2. The SMILES string of the molecule is CC(C)S(=O)(=O)c1ccccc1Nc1nc(NC2(P(C)(C)=O)C=CC=CC2F)ncc1Cl. The minimum absolute atomic E-state index is 0.00683. The molecule has 11 heteroatoms. The molecule has 2 aromatic rings. The highest BCUT2D eigenvalue weighted by molar-refractivity contribution is 7.92. The van der Waals surface area contributed by atoms with Gasteiger partial charge < -0.3 is 15.2 Å². The zero-order valence-electron chi connectivity index (χ0n) is 18.1. The van der Waals surface area contributed by atoms with E-state index in [2.05, 4.69) is 20.6 Å². The summed E-state index contributed by atoms with van der Waals surface area (Å²) in [6.45, 7) is 6.16. The third kappa shape index (κ3) is 4.60. The van der Waals surface area contributed by atoms with Crippen LogP contribution < -0.4 is 10.6 Å². The second-order valence-corrected chi connectivity index (χ2v) is 14.4. The Bertz CT molecular complexity index is 1230. The second-order valence-electron chi connectivity index (χ2n) is 8.05. The van der Waals surface area contributed by atoms with Gasteiger partial charge in [-0.05, 0) is 51.5 Å². The van der Waals surface area contributed by atoms with Crippen LogP contribution in [0.2, 0.25) is 5.02 Å². The molecule has 32 heavy (non-hydrogen) atoms. The van der Waals surface area contributed by atoms with Crippen LogP contribution >= 0.6 is 18.7 Å². The van der Waals surface area contributed by atoms with Crippen LogP contribution in [-0.2, 0) is 14.4 Å². The Hall–Kier alpha value is -2.22. The molecule has 0 bridgehead atoms. The molecule has 3 rings (SSSR count). The minimum atomic E-state index is -3.58.